The van der Waals surface area contributed by atoms with E-state index < -0.39 is 82.9 Å². The van der Waals surface area contributed by atoms with E-state index in [2.05, 4.69) is 0 Å². The molecular weight excluding hydrogens is 516 g/mol. The Morgan fingerprint density at radius 1 is 0.923 bits per heavy atom. The normalized spacial score (nSPS) is 33.9. The number of aromatic hydroxyl groups is 2. The van der Waals surface area contributed by atoms with Gasteiger partial charge in [-0.1, -0.05) is 12.1 Å². The summed E-state index contributed by atoms with van der Waals surface area (Å²) in [5, 5.41) is 53.8. The Morgan fingerprint density at radius 3 is 2.26 bits per heavy atom. The minimum atomic E-state index is -2.23. The predicted molar refractivity (Wildman–Crippen MR) is 130 cm³/mol. The fraction of sp³-hybridized carbons (Fsp3) is 0.444. The summed E-state index contributed by atoms with van der Waals surface area (Å²) in [4.78, 5) is 40.3. The van der Waals surface area contributed by atoms with Gasteiger partial charge in [0.1, 0.15) is 42.0 Å². The first kappa shape index (κ1) is 27.3. The van der Waals surface area contributed by atoms with E-state index in [0.29, 0.717) is 0 Å². The highest BCUT2D eigenvalue weighted by Gasteiger charge is 2.56. The van der Waals surface area contributed by atoms with Gasteiger partial charge in [-0.3, -0.25) is 14.4 Å². The van der Waals surface area contributed by atoms with Gasteiger partial charge >= 0.3 is 0 Å². The molecule has 0 spiro atoms. The van der Waals surface area contributed by atoms with Crippen molar-refractivity contribution < 1.29 is 58.9 Å². The van der Waals surface area contributed by atoms with E-state index in [1.54, 1.807) is 0 Å². The number of aliphatic hydroxyl groups excluding tert-OH is 2. The Kier molecular flexibility index (Phi) is 6.63. The molecule has 2 aromatic rings. The molecule has 1 aliphatic heterocycles. The van der Waals surface area contributed by atoms with Crippen molar-refractivity contribution in [1.29, 1.82) is 0 Å². The van der Waals surface area contributed by atoms with Gasteiger partial charge in [0.25, 0.3) is 0 Å². The number of rotatable bonds is 4. The van der Waals surface area contributed by atoms with E-state index >= 15 is 0 Å². The largest absolute Gasteiger partial charge is 0.507 e. The summed E-state index contributed by atoms with van der Waals surface area (Å²) in [6.45, 7) is 2.66. The molecule has 39 heavy (non-hydrogen) atoms. The Labute approximate surface area is 222 Å². The van der Waals surface area contributed by atoms with Crippen LogP contribution in [-0.4, -0.2) is 99.5 Å². The van der Waals surface area contributed by atoms with Gasteiger partial charge in [0.15, 0.2) is 23.5 Å². The van der Waals surface area contributed by atoms with Gasteiger partial charge in [0.2, 0.25) is 5.78 Å². The van der Waals surface area contributed by atoms with E-state index in [9.17, 15) is 39.9 Å². The number of ether oxygens (including phenoxy) is 4. The molecule has 3 aliphatic rings. The number of carbonyl (C=O) groups is 3. The quantitative estimate of drug-likeness (QED) is 0.304. The maximum atomic E-state index is 13.5. The van der Waals surface area contributed by atoms with Crippen LogP contribution >= 0.6 is 0 Å². The van der Waals surface area contributed by atoms with Gasteiger partial charge in [-0.2, -0.15) is 0 Å². The molecule has 1 saturated heterocycles. The Morgan fingerprint density at radius 2 is 1.62 bits per heavy atom. The van der Waals surface area contributed by atoms with Crippen LogP contribution in [0.1, 0.15) is 67.7 Å². The molecule has 2 aromatic carbocycles. The van der Waals surface area contributed by atoms with Gasteiger partial charge in [0, 0.05) is 36.5 Å². The molecule has 0 radical (unpaired) electrons. The number of benzene rings is 2. The number of aliphatic hydroxyl groups is 3. The zero-order chi connectivity index (χ0) is 28.5. The summed E-state index contributed by atoms with van der Waals surface area (Å²) in [7, 11) is 2.45. The summed E-state index contributed by atoms with van der Waals surface area (Å²) in [6.07, 6.45) is -9.24. The lowest BCUT2D eigenvalue weighted by Crippen LogP contribution is -2.60. The average Bonchev–Trinajstić information content (AvgIpc) is 2.88. The van der Waals surface area contributed by atoms with Crippen molar-refractivity contribution in [2.75, 3.05) is 14.2 Å². The fourth-order valence-corrected chi connectivity index (χ4v) is 5.65. The van der Waals surface area contributed by atoms with Gasteiger partial charge in [-0.15, -0.1) is 0 Å². The summed E-state index contributed by atoms with van der Waals surface area (Å²) in [6, 6.07) is 5.05. The van der Waals surface area contributed by atoms with E-state index in [-0.39, 0.29) is 27.8 Å². The molecule has 0 saturated carbocycles. The van der Waals surface area contributed by atoms with Crippen LogP contribution in [0, 0.1) is 0 Å². The van der Waals surface area contributed by atoms with Gasteiger partial charge in [-0.05, 0) is 26.0 Å². The summed E-state index contributed by atoms with van der Waals surface area (Å²) in [5.74, 6) is -3.71. The molecule has 5 unspecified atom stereocenters. The van der Waals surface area contributed by atoms with Crippen molar-refractivity contribution in [3.05, 3.63) is 57.6 Å². The average molecular weight is 545 g/mol. The van der Waals surface area contributed by atoms with E-state index in [1.165, 1.54) is 46.3 Å². The summed E-state index contributed by atoms with van der Waals surface area (Å²) < 4.78 is 22.6. The maximum absolute atomic E-state index is 13.5. The van der Waals surface area contributed by atoms with Crippen LogP contribution in [-0.2, 0) is 18.9 Å². The van der Waals surface area contributed by atoms with Crippen LogP contribution in [0.15, 0.2) is 24.3 Å². The number of ketones is 3. The minimum absolute atomic E-state index is 0.107. The Bertz CT molecular complexity index is 1380. The molecule has 8 atom stereocenters. The zero-order valence-electron chi connectivity index (χ0n) is 21.4. The van der Waals surface area contributed by atoms with Crippen molar-refractivity contribution in [2.45, 2.75) is 62.4 Å². The highest BCUT2D eigenvalue weighted by molar-refractivity contribution is 6.31. The highest BCUT2D eigenvalue weighted by Crippen LogP contribution is 2.49. The topological polar surface area (TPSA) is 189 Å². The second-order valence-electron chi connectivity index (χ2n) is 10.0. The lowest BCUT2D eigenvalue weighted by Gasteiger charge is -2.46. The van der Waals surface area contributed by atoms with Crippen LogP contribution < -0.4 is 0 Å². The third-order valence-corrected chi connectivity index (χ3v) is 7.74. The molecule has 0 amide bonds. The smallest absolute Gasteiger partial charge is 0.201 e. The van der Waals surface area contributed by atoms with Crippen molar-refractivity contribution in [1.82, 2.24) is 0 Å². The minimum Gasteiger partial charge on any atom is -0.507 e. The molecule has 5 N–H and O–H groups in total. The summed E-state index contributed by atoms with van der Waals surface area (Å²) >= 11 is 0. The first-order chi connectivity index (χ1) is 18.4. The number of phenols is 2. The molecule has 12 nitrogen and oxygen atoms in total. The third-order valence-electron chi connectivity index (χ3n) is 7.74. The molecule has 1 heterocycles. The molecule has 12 heteroatoms. The predicted octanol–water partition coefficient (Wildman–Crippen LogP) is 0.375. The fourth-order valence-electron chi connectivity index (χ4n) is 5.65. The van der Waals surface area contributed by atoms with E-state index in [0.717, 1.165) is 6.07 Å². The number of phenolic OH excluding ortho intramolecular Hbond substituents is 2. The zero-order valence-corrected chi connectivity index (χ0v) is 21.4. The molecule has 0 bridgehead atoms. The number of Topliss-reactive ketones (excluding diaryl/α,β-unsaturated/α-hetero) is 1. The number of methoxy groups -OCH3 is 2. The van der Waals surface area contributed by atoms with Gasteiger partial charge in [0.05, 0.1) is 17.2 Å². The SMILES string of the molecule is COC1C(O[C@@H]2c3c(cc4c(c3O)C(=O)c3c(O)cccc3C4=O)C(=O)[C@](C)(O)[C@H]2OC)OC(C)C(O)C1O. The van der Waals surface area contributed by atoms with E-state index in [1.807, 2.05) is 0 Å². The van der Waals surface area contributed by atoms with Crippen LogP contribution in [0.4, 0.5) is 0 Å². The lowest BCUT2D eigenvalue weighted by molar-refractivity contribution is -0.321. The van der Waals surface area contributed by atoms with Crippen LogP contribution in [0.5, 0.6) is 11.5 Å². The van der Waals surface area contributed by atoms with Crippen molar-refractivity contribution in [3.63, 3.8) is 0 Å². The van der Waals surface area contributed by atoms with Gasteiger partial charge in [-0.25, -0.2) is 0 Å². The van der Waals surface area contributed by atoms with Crippen LogP contribution in [0.25, 0.3) is 0 Å². The number of fused-ring (bicyclic) bond motifs is 3. The monoisotopic (exact) mass is 544 g/mol. The Balaban J connectivity index is 1.71. The lowest BCUT2D eigenvalue weighted by atomic mass is 9.72. The van der Waals surface area contributed by atoms with Crippen LogP contribution in [0.3, 0.4) is 0 Å². The van der Waals surface area contributed by atoms with E-state index in [4.69, 9.17) is 18.9 Å². The molecule has 5 rings (SSSR count). The van der Waals surface area contributed by atoms with Crippen LogP contribution in [0.2, 0.25) is 0 Å². The first-order valence-corrected chi connectivity index (χ1v) is 12.2. The summed E-state index contributed by atoms with van der Waals surface area (Å²) in [5.41, 5.74) is -3.94. The van der Waals surface area contributed by atoms with Crippen molar-refractivity contribution in [2.24, 2.45) is 0 Å². The highest BCUT2D eigenvalue weighted by atomic mass is 16.7. The Hall–Kier alpha value is -3.23. The second-order valence-corrected chi connectivity index (χ2v) is 10.0. The van der Waals surface area contributed by atoms with Gasteiger partial charge < -0.3 is 44.5 Å². The number of hydrogen-bond donors (Lipinski definition) is 5. The third kappa shape index (κ3) is 3.83. The standard InChI is InChI=1S/C27H28O12/c1-9-17(29)21(33)23(36-3)26(38-9)39-22-16-12(24(34)27(2,35)25(22)37-4)8-11-15(20(16)32)19(31)14-10(18(11)30)6-5-7-13(14)28/h5-9,17,21-23,25-26,28-29,32-33,35H,1-4H3/t9?,17?,21?,22-,23?,25+,26?,27+/m1/s1. The molecule has 0 aromatic heterocycles. The number of carbonyl (C=O) groups excluding carboxylic acids is 3. The second kappa shape index (κ2) is 9.45. The maximum Gasteiger partial charge on any atom is 0.201 e. The molecule has 1 fully saturated rings. The molecule has 208 valence electrons. The molecular formula is C27H28O12. The number of hydrogen-bond acceptors (Lipinski definition) is 12. The van der Waals surface area contributed by atoms with Crippen molar-refractivity contribution in [3.8, 4) is 11.5 Å². The first-order valence-electron chi connectivity index (χ1n) is 12.2. The van der Waals surface area contributed by atoms with Crippen molar-refractivity contribution >= 4 is 17.3 Å². The molecule has 2 aliphatic carbocycles.